The van der Waals surface area contributed by atoms with Gasteiger partial charge in [0.1, 0.15) is 5.75 Å². The van der Waals surface area contributed by atoms with Gasteiger partial charge in [-0.2, -0.15) is 0 Å². The van der Waals surface area contributed by atoms with Gasteiger partial charge in [-0.15, -0.1) is 0 Å². The average molecular weight is 517 g/mol. The first-order valence-electron chi connectivity index (χ1n) is 13.1. The van der Waals surface area contributed by atoms with Gasteiger partial charge >= 0.3 is 0 Å². The number of benzene rings is 4. The molecule has 0 aliphatic heterocycles. The van der Waals surface area contributed by atoms with Crippen molar-refractivity contribution in [3.8, 4) is 5.75 Å². The van der Waals surface area contributed by atoms with Crippen LogP contribution in [-0.2, 0) is 5.60 Å². The van der Waals surface area contributed by atoms with Crippen LogP contribution in [0.5, 0.6) is 5.75 Å². The van der Waals surface area contributed by atoms with E-state index in [4.69, 9.17) is 4.74 Å². The first-order chi connectivity index (χ1) is 18.8. The Kier molecular flexibility index (Phi) is 6.04. The number of hydrogen-bond acceptors (Lipinski definition) is 5. The highest BCUT2D eigenvalue weighted by molar-refractivity contribution is 6.11. The molecule has 194 valence electrons. The number of ether oxygens (including phenoxy) is 1. The Balaban J connectivity index is 1.55. The van der Waals surface area contributed by atoms with Crippen molar-refractivity contribution in [1.29, 1.82) is 0 Å². The minimum atomic E-state index is -1.91. The van der Waals surface area contributed by atoms with Crippen molar-refractivity contribution in [3.63, 3.8) is 0 Å². The largest absolute Gasteiger partial charge is 0.497 e. The highest BCUT2D eigenvalue weighted by atomic mass is 16.5. The zero-order chi connectivity index (χ0) is 27.3. The van der Waals surface area contributed by atoms with Gasteiger partial charge in [0.25, 0.3) is 0 Å². The van der Waals surface area contributed by atoms with Gasteiger partial charge in [0.05, 0.1) is 7.11 Å². The molecule has 5 nitrogen and oxygen atoms in total. The van der Waals surface area contributed by atoms with Gasteiger partial charge < -0.3 is 9.84 Å². The summed E-state index contributed by atoms with van der Waals surface area (Å²) in [6.45, 7) is 1.96. The number of hydrogen-bond donors (Lipinski definition) is 1. The summed E-state index contributed by atoms with van der Waals surface area (Å²) in [6, 6.07) is 28.5. The van der Waals surface area contributed by atoms with Gasteiger partial charge in [0.2, 0.25) is 0 Å². The van der Waals surface area contributed by atoms with Crippen LogP contribution in [0.1, 0.15) is 71.6 Å². The maximum absolute atomic E-state index is 14.4. The molecule has 2 aliphatic carbocycles. The molecular formula is C34H28O5. The highest BCUT2D eigenvalue weighted by Crippen LogP contribution is 2.60. The van der Waals surface area contributed by atoms with Crippen LogP contribution in [0.3, 0.4) is 0 Å². The van der Waals surface area contributed by atoms with Gasteiger partial charge in [-0.05, 0) is 47.9 Å². The van der Waals surface area contributed by atoms with Gasteiger partial charge in [-0.1, -0.05) is 78.4 Å². The molecule has 5 heteroatoms. The summed E-state index contributed by atoms with van der Waals surface area (Å²) in [5, 5.41) is 12.3. The van der Waals surface area contributed by atoms with E-state index in [1.807, 2.05) is 43.3 Å². The van der Waals surface area contributed by atoms with Crippen molar-refractivity contribution in [2.75, 3.05) is 7.11 Å². The van der Waals surface area contributed by atoms with E-state index in [9.17, 15) is 19.5 Å². The normalized spacial score (nSPS) is 22.9. The van der Waals surface area contributed by atoms with Crippen molar-refractivity contribution in [3.05, 3.63) is 136 Å². The molecule has 0 unspecified atom stereocenters. The molecule has 0 amide bonds. The Labute approximate surface area is 227 Å². The molecule has 4 aromatic rings. The molecule has 1 N–H and O–H groups in total. The fraction of sp³-hybridized carbons (Fsp3) is 0.206. The minimum absolute atomic E-state index is 0.0651. The van der Waals surface area contributed by atoms with Crippen LogP contribution < -0.4 is 4.74 Å². The predicted octanol–water partition coefficient (Wildman–Crippen LogP) is 6.04. The van der Waals surface area contributed by atoms with Crippen LogP contribution in [0.25, 0.3) is 0 Å². The van der Waals surface area contributed by atoms with Crippen LogP contribution >= 0.6 is 0 Å². The fourth-order valence-corrected chi connectivity index (χ4v) is 6.46. The molecule has 0 radical (unpaired) electrons. The Morgan fingerprint density at radius 3 is 2.13 bits per heavy atom. The number of fused-ring (bicyclic) bond motifs is 5. The van der Waals surface area contributed by atoms with Gasteiger partial charge in [0, 0.05) is 40.9 Å². The van der Waals surface area contributed by atoms with E-state index in [2.05, 4.69) is 0 Å². The lowest BCUT2D eigenvalue weighted by Gasteiger charge is -2.45. The van der Waals surface area contributed by atoms with Crippen LogP contribution in [-0.4, -0.2) is 29.6 Å². The van der Waals surface area contributed by atoms with E-state index in [1.54, 1.807) is 67.8 Å². The number of Topliss-reactive ketones (excluding diaryl/α,β-unsaturated/α-hetero) is 3. The van der Waals surface area contributed by atoms with Gasteiger partial charge in [-0.3, -0.25) is 14.4 Å². The molecule has 0 heterocycles. The third kappa shape index (κ3) is 3.84. The summed E-state index contributed by atoms with van der Waals surface area (Å²) >= 11 is 0. The van der Waals surface area contributed by atoms with Gasteiger partial charge in [0.15, 0.2) is 23.0 Å². The van der Waals surface area contributed by atoms with Crippen molar-refractivity contribution in [2.45, 2.75) is 30.8 Å². The number of methoxy groups -OCH3 is 1. The zero-order valence-corrected chi connectivity index (χ0v) is 21.8. The second kappa shape index (κ2) is 9.44. The molecule has 0 spiro atoms. The zero-order valence-electron chi connectivity index (χ0n) is 21.8. The summed E-state index contributed by atoms with van der Waals surface area (Å²) < 4.78 is 5.28. The Morgan fingerprint density at radius 1 is 0.821 bits per heavy atom. The second-order valence-corrected chi connectivity index (χ2v) is 10.5. The Morgan fingerprint density at radius 2 is 1.44 bits per heavy atom. The Hall–Kier alpha value is -4.35. The van der Waals surface area contributed by atoms with E-state index in [1.165, 1.54) is 0 Å². The standard InChI is InChI=1S/C34H28O5/c1-20-11-13-21(14-12-20)29(35)19-27-24-7-5-6-10-28(24)34(38)31(25-8-3-4-9-26(25)33(34)37)30(27)32(36)22-15-17-23(39-2)18-16-22/h3-18,27,30-31,38H,19H2,1-2H3/t27-,30+,31-,34-/m1/s1. The molecule has 0 aromatic heterocycles. The first-order valence-corrected chi connectivity index (χ1v) is 13.1. The summed E-state index contributed by atoms with van der Waals surface area (Å²) in [7, 11) is 1.56. The van der Waals surface area contributed by atoms with E-state index in [0.29, 0.717) is 39.1 Å². The molecule has 4 atom stereocenters. The van der Waals surface area contributed by atoms with Crippen LogP contribution in [0.4, 0.5) is 0 Å². The second-order valence-electron chi connectivity index (χ2n) is 10.5. The monoisotopic (exact) mass is 516 g/mol. The average Bonchev–Trinajstić information content (AvgIpc) is 3.20. The lowest BCUT2D eigenvalue weighted by molar-refractivity contribution is -0.00160. The van der Waals surface area contributed by atoms with E-state index in [-0.39, 0.29) is 18.0 Å². The molecule has 0 saturated carbocycles. The number of aliphatic hydroxyl groups is 1. The van der Waals surface area contributed by atoms with Crippen molar-refractivity contribution in [2.24, 2.45) is 5.92 Å². The van der Waals surface area contributed by atoms with Crippen LogP contribution in [0, 0.1) is 12.8 Å². The van der Waals surface area contributed by atoms with E-state index >= 15 is 0 Å². The Bertz CT molecular complexity index is 1600. The molecular weight excluding hydrogens is 488 g/mol. The minimum Gasteiger partial charge on any atom is -0.497 e. The van der Waals surface area contributed by atoms with E-state index in [0.717, 1.165) is 5.56 Å². The van der Waals surface area contributed by atoms with Crippen molar-refractivity contribution < 1.29 is 24.2 Å². The molecule has 2 aliphatic rings. The van der Waals surface area contributed by atoms with Crippen molar-refractivity contribution in [1.82, 2.24) is 0 Å². The third-order valence-electron chi connectivity index (χ3n) is 8.36. The lowest BCUT2D eigenvalue weighted by Crippen LogP contribution is -2.48. The summed E-state index contributed by atoms with van der Waals surface area (Å²) in [5.74, 6) is -2.33. The summed E-state index contributed by atoms with van der Waals surface area (Å²) in [4.78, 5) is 41.9. The molecule has 39 heavy (non-hydrogen) atoms. The topological polar surface area (TPSA) is 80.7 Å². The smallest absolute Gasteiger partial charge is 0.199 e. The first kappa shape index (κ1) is 25.0. The maximum atomic E-state index is 14.4. The van der Waals surface area contributed by atoms with Gasteiger partial charge in [-0.25, -0.2) is 0 Å². The van der Waals surface area contributed by atoms with E-state index < -0.39 is 29.1 Å². The highest BCUT2D eigenvalue weighted by Gasteiger charge is 2.62. The molecule has 6 rings (SSSR count). The predicted molar refractivity (Wildman–Crippen MR) is 148 cm³/mol. The number of carbonyl (C=O) groups excluding carboxylic acids is 3. The number of carbonyl (C=O) groups is 3. The van der Waals surface area contributed by atoms with Crippen LogP contribution in [0.15, 0.2) is 97.1 Å². The third-order valence-corrected chi connectivity index (χ3v) is 8.36. The SMILES string of the molecule is COc1ccc(C(=O)[C@H]2[C@H](CC(=O)c3ccc(C)cc3)c3ccccc3[C@]3(O)C(=O)c4ccccc4[C@H]23)cc1. The number of ketones is 3. The molecule has 0 saturated heterocycles. The summed E-state index contributed by atoms with van der Waals surface area (Å²) in [6.07, 6.45) is 0.0651. The van der Waals surface area contributed by atoms with Crippen LogP contribution in [0.2, 0.25) is 0 Å². The maximum Gasteiger partial charge on any atom is 0.199 e. The molecule has 0 bridgehead atoms. The summed E-state index contributed by atoms with van der Waals surface area (Å²) in [5.41, 5.74) is 2.33. The number of aryl methyl sites for hydroxylation is 1. The van der Waals surface area contributed by atoms with Crippen molar-refractivity contribution >= 4 is 17.3 Å². The lowest BCUT2D eigenvalue weighted by atomic mass is 9.58. The fourth-order valence-electron chi connectivity index (χ4n) is 6.46. The quantitative estimate of drug-likeness (QED) is 0.316. The molecule has 4 aromatic carbocycles. The molecule has 0 fully saturated rings. The number of rotatable bonds is 6.